The maximum Gasteiger partial charge on any atom is 0.115 e. The first-order valence-corrected chi connectivity index (χ1v) is 7.62. The van der Waals surface area contributed by atoms with Crippen LogP contribution in [0, 0.1) is 0 Å². The molecule has 0 heterocycles. The summed E-state index contributed by atoms with van der Waals surface area (Å²) in [4.78, 5) is 0. The maximum absolute atomic E-state index is 9.29. The summed E-state index contributed by atoms with van der Waals surface area (Å²) in [6.07, 6.45) is 4.53. The molecule has 1 unspecified atom stereocenters. The van der Waals surface area contributed by atoms with Crippen molar-refractivity contribution in [1.29, 1.82) is 0 Å². The van der Waals surface area contributed by atoms with E-state index in [0.29, 0.717) is 11.8 Å². The minimum atomic E-state index is 0.323. The monoisotopic (exact) mass is 282 g/mol. The molecule has 2 aromatic rings. The standard InChI is InChI=1S/C18H22N2O/c19-15-7-6-14-2-1-3-18(17(14)12-15)20-11-10-13-4-8-16(21)9-5-13/h4-9,12,18,20-21H,1-3,10-11,19H2. The van der Waals surface area contributed by atoms with Crippen LogP contribution < -0.4 is 11.1 Å². The number of hydrogen-bond donors (Lipinski definition) is 3. The Morgan fingerprint density at radius 3 is 2.76 bits per heavy atom. The lowest BCUT2D eigenvalue weighted by Crippen LogP contribution is -2.27. The number of fused-ring (bicyclic) bond motifs is 1. The predicted octanol–water partition coefficient (Wildman–Crippen LogP) is 3.18. The highest BCUT2D eigenvalue weighted by Crippen LogP contribution is 2.31. The van der Waals surface area contributed by atoms with Gasteiger partial charge in [-0.3, -0.25) is 0 Å². The van der Waals surface area contributed by atoms with Crippen LogP contribution in [0.4, 0.5) is 5.69 Å². The van der Waals surface area contributed by atoms with E-state index in [9.17, 15) is 5.11 Å². The number of hydrogen-bond acceptors (Lipinski definition) is 3. The van der Waals surface area contributed by atoms with Gasteiger partial charge in [0.2, 0.25) is 0 Å². The summed E-state index contributed by atoms with van der Waals surface area (Å²) in [5, 5.41) is 12.9. The van der Waals surface area contributed by atoms with Gasteiger partial charge in [-0.15, -0.1) is 0 Å². The minimum absolute atomic E-state index is 0.323. The zero-order chi connectivity index (χ0) is 14.7. The molecular weight excluding hydrogens is 260 g/mol. The van der Waals surface area contributed by atoms with Crippen molar-refractivity contribution >= 4 is 5.69 Å². The molecule has 0 fully saturated rings. The summed E-state index contributed by atoms with van der Waals surface area (Å²) in [5.74, 6) is 0.323. The number of aryl methyl sites for hydroxylation is 1. The van der Waals surface area contributed by atoms with Crippen molar-refractivity contribution in [2.75, 3.05) is 12.3 Å². The van der Waals surface area contributed by atoms with Gasteiger partial charge >= 0.3 is 0 Å². The Labute approximate surface area is 125 Å². The Bertz CT molecular complexity index is 607. The van der Waals surface area contributed by atoms with Gasteiger partial charge in [-0.1, -0.05) is 18.2 Å². The summed E-state index contributed by atoms with van der Waals surface area (Å²) in [5.41, 5.74) is 10.8. The fourth-order valence-corrected chi connectivity index (χ4v) is 3.08. The fourth-order valence-electron chi connectivity index (χ4n) is 3.08. The van der Waals surface area contributed by atoms with Gasteiger partial charge in [-0.25, -0.2) is 0 Å². The molecule has 0 saturated carbocycles. The first kappa shape index (κ1) is 14.0. The van der Waals surface area contributed by atoms with Gasteiger partial charge in [0.25, 0.3) is 0 Å². The summed E-state index contributed by atoms with van der Waals surface area (Å²) in [7, 11) is 0. The first-order chi connectivity index (χ1) is 10.2. The average Bonchev–Trinajstić information content (AvgIpc) is 2.50. The van der Waals surface area contributed by atoms with Crippen LogP contribution in [0.25, 0.3) is 0 Å². The van der Waals surface area contributed by atoms with Crippen LogP contribution in [0.1, 0.15) is 35.6 Å². The first-order valence-electron chi connectivity index (χ1n) is 7.62. The van der Waals surface area contributed by atoms with Gasteiger partial charge in [0.15, 0.2) is 0 Å². The largest absolute Gasteiger partial charge is 0.508 e. The van der Waals surface area contributed by atoms with Crippen LogP contribution in [-0.4, -0.2) is 11.7 Å². The van der Waals surface area contributed by atoms with E-state index in [2.05, 4.69) is 17.4 Å². The van der Waals surface area contributed by atoms with Crippen LogP contribution in [0.3, 0.4) is 0 Å². The van der Waals surface area contributed by atoms with Gasteiger partial charge < -0.3 is 16.2 Å². The van der Waals surface area contributed by atoms with Crippen molar-refractivity contribution in [3.8, 4) is 5.75 Å². The van der Waals surface area contributed by atoms with Crippen molar-refractivity contribution in [3.63, 3.8) is 0 Å². The molecule has 110 valence electrons. The smallest absolute Gasteiger partial charge is 0.115 e. The molecule has 1 aliphatic carbocycles. The van der Waals surface area contributed by atoms with E-state index in [0.717, 1.165) is 25.1 Å². The van der Waals surface area contributed by atoms with E-state index >= 15 is 0 Å². The van der Waals surface area contributed by atoms with Gasteiger partial charge in [-0.2, -0.15) is 0 Å². The molecule has 0 spiro atoms. The average molecular weight is 282 g/mol. The molecule has 0 aliphatic heterocycles. The highest BCUT2D eigenvalue weighted by Gasteiger charge is 2.19. The zero-order valence-corrected chi connectivity index (χ0v) is 12.2. The molecule has 3 nitrogen and oxygen atoms in total. The van der Waals surface area contributed by atoms with Gasteiger partial charge in [0.1, 0.15) is 5.75 Å². The molecule has 3 heteroatoms. The van der Waals surface area contributed by atoms with Crippen molar-refractivity contribution < 1.29 is 5.11 Å². The summed E-state index contributed by atoms with van der Waals surface area (Å²) >= 11 is 0. The number of nitrogen functional groups attached to an aromatic ring is 1. The number of aromatic hydroxyl groups is 1. The normalized spacial score (nSPS) is 17.4. The number of nitrogens with one attached hydrogen (secondary N) is 1. The van der Waals surface area contributed by atoms with Gasteiger partial charge in [0, 0.05) is 11.7 Å². The Morgan fingerprint density at radius 1 is 1.14 bits per heavy atom. The van der Waals surface area contributed by atoms with Gasteiger partial charge in [-0.05, 0) is 73.2 Å². The molecule has 1 aliphatic rings. The molecule has 21 heavy (non-hydrogen) atoms. The van der Waals surface area contributed by atoms with Crippen LogP contribution in [0.5, 0.6) is 5.75 Å². The summed E-state index contributed by atoms with van der Waals surface area (Å²) in [6, 6.07) is 14.1. The quantitative estimate of drug-likeness (QED) is 0.755. The molecule has 1 atom stereocenters. The third-order valence-corrected chi connectivity index (χ3v) is 4.23. The molecule has 3 rings (SSSR count). The van der Waals surface area contributed by atoms with Crippen LogP contribution in [0.2, 0.25) is 0 Å². The molecule has 0 saturated heterocycles. The predicted molar refractivity (Wildman–Crippen MR) is 86.3 cm³/mol. The van der Waals surface area contributed by atoms with Crippen LogP contribution in [-0.2, 0) is 12.8 Å². The molecule has 0 aromatic heterocycles. The lowest BCUT2D eigenvalue weighted by Gasteiger charge is -2.27. The number of rotatable bonds is 4. The van der Waals surface area contributed by atoms with E-state index in [1.165, 1.54) is 29.5 Å². The SMILES string of the molecule is Nc1ccc2c(c1)C(NCCc1ccc(O)cc1)CCC2. The third kappa shape index (κ3) is 3.37. The van der Waals surface area contributed by atoms with Crippen LogP contribution in [0.15, 0.2) is 42.5 Å². The lowest BCUT2D eigenvalue weighted by molar-refractivity contribution is 0.462. The molecule has 0 radical (unpaired) electrons. The number of phenols is 1. The Morgan fingerprint density at radius 2 is 1.95 bits per heavy atom. The Kier molecular flexibility index (Phi) is 4.11. The highest BCUT2D eigenvalue weighted by atomic mass is 16.3. The number of anilines is 1. The Hall–Kier alpha value is -2.00. The lowest BCUT2D eigenvalue weighted by atomic mass is 9.87. The highest BCUT2D eigenvalue weighted by molar-refractivity contribution is 5.47. The maximum atomic E-state index is 9.29. The van der Waals surface area contributed by atoms with Crippen molar-refractivity contribution in [1.82, 2.24) is 5.32 Å². The van der Waals surface area contributed by atoms with E-state index in [4.69, 9.17) is 5.73 Å². The van der Waals surface area contributed by atoms with E-state index < -0.39 is 0 Å². The topological polar surface area (TPSA) is 58.3 Å². The van der Waals surface area contributed by atoms with E-state index in [-0.39, 0.29) is 0 Å². The number of nitrogens with two attached hydrogens (primary N) is 1. The summed E-state index contributed by atoms with van der Waals surface area (Å²) in [6.45, 7) is 0.934. The van der Waals surface area contributed by atoms with Crippen molar-refractivity contribution in [2.45, 2.75) is 31.7 Å². The van der Waals surface area contributed by atoms with Crippen LogP contribution >= 0.6 is 0 Å². The minimum Gasteiger partial charge on any atom is -0.508 e. The zero-order valence-electron chi connectivity index (χ0n) is 12.2. The molecule has 0 amide bonds. The second-order valence-electron chi connectivity index (χ2n) is 5.77. The van der Waals surface area contributed by atoms with Gasteiger partial charge in [0.05, 0.1) is 0 Å². The second kappa shape index (κ2) is 6.19. The molecular formula is C18H22N2O. The number of phenolic OH excluding ortho intramolecular Hbond substituents is 1. The van der Waals surface area contributed by atoms with E-state index in [1.807, 2.05) is 18.2 Å². The third-order valence-electron chi connectivity index (χ3n) is 4.23. The number of benzene rings is 2. The molecule has 4 N–H and O–H groups in total. The van der Waals surface area contributed by atoms with Crippen molar-refractivity contribution in [3.05, 3.63) is 59.2 Å². The second-order valence-corrected chi connectivity index (χ2v) is 5.77. The molecule has 2 aromatic carbocycles. The summed E-state index contributed by atoms with van der Waals surface area (Å²) < 4.78 is 0. The van der Waals surface area contributed by atoms with Crippen molar-refractivity contribution in [2.24, 2.45) is 0 Å². The fraction of sp³-hybridized carbons (Fsp3) is 0.333. The molecule has 0 bridgehead atoms. The van der Waals surface area contributed by atoms with E-state index in [1.54, 1.807) is 12.1 Å². The Balaban J connectivity index is 1.61.